The van der Waals surface area contributed by atoms with E-state index in [1.807, 2.05) is 24.9 Å². The molecular formula is C12H17NS. The Bertz CT molecular complexity index is 283. The highest BCUT2D eigenvalue weighted by atomic mass is 32.2. The third kappa shape index (κ3) is 3.99. The molecule has 1 aromatic carbocycles. The van der Waals surface area contributed by atoms with E-state index < -0.39 is 0 Å². The van der Waals surface area contributed by atoms with Crippen molar-refractivity contribution in [2.75, 3.05) is 12.8 Å². The molecule has 0 radical (unpaired) electrons. The molecular weight excluding hydrogens is 190 g/mol. The molecule has 0 aliphatic rings. The average molecular weight is 207 g/mol. The van der Waals surface area contributed by atoms with Crippen LogP contribution in [0.25, 0.3) is 0 Å². The topological polar surface area (TPSA) is 12.0 Å². The lowest BCUT2D eigenvalue weighted by atomic mass is 10.2. The summed E-state index contributed by atoms with van der Waals surface area (Å²) in [4.78, 5) is 1.35. The number of nitrogens with one attached hydrogen (secondary N) is 1. The number of benzene rings is 1. The molecule has 0 atom stereocenters. The molecule has 76 valence electrons. The molecule has 0 amide bonds. The Hall–Kier alpha value is -0.730. The molecule has 0 spiro atoms. The third-order valence-electron chi connectivity index (χ3n) is 1.87. The van der Waals surface area contributed by atoms with Crippen molar-refractivity contribution in [3.8, 4) is 0 Å². The Morgan fingerprint density at radius 1 is 1.50 bits per heavy atom. The second kappa shape index (κ2) is 6.68. The number of thioether (sulfide) groups is 1. The van der Waals surface area contributed by atoms with Crippen molar-refractivity contribution in [2.24, 2.45) is 0 Å². The summed E-state index contributed by atoms with van der Waals surface area (Å²) < 4.78 is 0. The van der Waals surface area contributed by atoms with Gasteiger partial charge in [-0.15, -0.1) is 18.3 Å². The molecule has 0 aliphatic heterocycles. The minimum absolute atomic E-state index is 0.940. The molecule has 0 fully saturated rings. The normalized spacial score (nSPS) is 10.1. The number of hydrogen-bond acceptors (Lipinski definition) is 2. The van der Waals surface area contributed by atoms with Gasteiger partial charge in [0.2, 0.25) is 0 Å². The Morgan fingerprint density at radius 2 is 2.36 bits per heavy atom. The van der Waals surface area contributed by atoms with Gasteiger partial charge in [-0.3, -0.25) is 0 Å². The maximum atomic E-state index is 3.72. The SMILES string of the molecule is C=CCCSc1cccc(CNC)c1. The van der Waals surface area contributed by atoms with Gasteiger partial charge >= 0.3 is 0 Å². The fourth-order valence-corrected chi connectivity index (χ4v) is 2.14. The first kappa shape index (κ1) is 11.3. The molecule has 1 N–H and O–H groups in total. The standard InChI is InChI=1S/C12H17NS/c1-3-4-8-14-12-7-5-6-11(9-12)10-13-2/h3,5-7,9,13H,1,4,8,10H2,2H3. The summed E-state index contributed by atoms with van der Waals surface area (Å²) in [6.07, 6.45) is 3.03. The van der Waals surface area contributed by atoms with Gasteiger partial charge in [-0.1, -0.05) is 18.2 Å². The van der Waals surface area contributed by atoms with Crippen molar-refractivity contribution >= 4 is 11.8 Å². The van der Waals surface area contributed by atoms with Gasteiger partial charge in [-0.25, -0.2) is 0 Å². The predicted octanol–water partition coefficient (Wildman–Crippen LogP) is 3.07. The Kier molecular flexibility index (Phi) is 5.42. The zero-order chi connectivity index (χ0) is 10.2. The van der Waals surface area contributed by atoms with Gasteiger partial charge in [-0.05, 0) is 31.2 Å². The van der Waals surface area contributed by atoms with E-state index in [2.05, 4.69) is 36.2 Å². The fraction of sp³-hybridized carbons (Fsp3) is 0.333. The first-order valence-electron chi connectivity index (χ1n) is 4.84. The van der Waals surface area contributed by atoms with Crippen molar-refractivity contribution in [3.05, 3.63) is 42.5 Å². The van der Waals surface area contributed by atoms with Crippen LogP contribution < -0.4 is 5.32 Å². The van der Waals surface area contributed by atoms with Crippen molar-refractivity contribution in [2.45, 2.75) is 17.9 Å². The molecule has 0 saturated heterocycles. The summed E-state index contributed by atoms with van der Waals surface area (Å²) in [6.45, 7) is 4.66. The van der Waals surface area contributed by atoms with Crippen LogP contribution in [0.5, 0.6) is 0 Å². The summed E-state index contributed by atoms with van der Waals surface area (Å²) in [5.74, 6) is 1.12. The molecule has 1 rings (SSSR count). The summed E-state index contributed by atoms with van der Waals surface area (Å²) >= 11 is 1.89. The van der Waals surface area contributed by atoms with Crippen LogP contribution in [0, 0.1) is 0 Å². The molecule has 0 aromatic heterocycles. The van der Waals surface area contributed by atoms with Crippen molar-refractivity contribution in [3.63, 3.8) is 0 Å². The van der Waals surface area contributed by atoms with Crippen LogP contribution in [-0.4, -0.2) is 12.8 Å². The average Bonchev–Trinajstić information content (AvgIpc) is 2.19. The van der Waals surface area contributed by atoms with Gasteiger partial charge in [0, 0.05) is 17.2 Å². The van der Waals surface area contributed by atoms with Crippen LogP contribution in [0.1, 0.15) is 12.0 Å². The summed E-state index contributed by atoms with van der Waals surface area (Å²) in [6, 6.07) is 8.66. The lowest BCUT2D eigenvalue weighted by molar-refractivity contribution is 0.815. The second-order valence-electron chi connectivity index (χ2n) is 3.10. The smallest absolute Gasteiger partial charge is 0.0202 e. The van der Waals surface area contributed by atoms with Gasteiger partial charge in [-0.2, -0.15) is 0 Å². The highest BCUT2D eigenvalue weighted by Gasteiger charge is 1.95. The van der Waals surface area contributed by atoms with Gasteiger partial charge in [0.15, 0.2) is 0 Å². The van der Waals surface area contributed by atoms with Crippen LogP contribution in [0.15, 0.2) is 41.8 Å². The summed E-state index contributed by atoms with van der Waals surface area (Å²) in [7, 11) is 1.97. The molecule has 1 aromatic rings. The number of rotatable bonds is 6. The van der Waals surface area contributed by atoms with Crippen LogP contribution >= 0.6 is 11.8 Å². The molecule has 0 aliphatic carbocycles. The van der Waals surface area contributed by atoms with E-state index in [1.54, 1.807) is 0 Å². The zero-order valence-corrected chi connectivity index (χ0v) is 9.44. The predicted molar refractivity (Wildman–Crippen MR) is 64.7 cm³/mol. The lowest BCUT2D eigenvalue weighted by Gasteiger charge is -2.03. The molecule has 0 bridgehead atoms. The first-order chi connectivity index (χ1) is 6.86. The van der Waals surface area contributed by atoms with E-state index in [9.17, 15) is 0 Å². The molecule has 2 heteroatoms. The van der Waals surface area contributed by atoms with Gasteiger partial charge in [0.25, 0.3) is 0 Å². The highest BCUT2D eigenvalue weighted by molar-refractivity contribution is 7.99. The minimum atomic E-state index is 0.940. The Balaban J connectivity index is 2.50. The largest absolute Gasteiger partial charge is 0.316 e. The van der Waals surface area contributed by atoms with E-state index in [4.69, 9.17) is 0 Å². The van der Waals surface area contributed by atoms with Crippen molar-refractivity contribution < 1.29 is 0 Å². The quantitative estimate of drug-likeness (QED) is 0.437. The van der Waals surface area contributed by atoms with Crippen LogP contribution in [0.2, 0.25) is 0 Å². The summed E-state index contributed by atoms with van der Waals surface area (Å²) in [5.41, 5.74) is 1.34. The molecule has 0 unspecified atom stereocenters. The molecule has 0 saturated carbocycles. The van der Waals surface area contributed by atoms with Crippen LogP contribution in [0.3, 0.4) is 0 Å². The van der Waals surface area contributed by atoms with E-state index >= 15 is 0 Å². The fourth-order valence-electron chi connectivity index (χ4n) is 1.21. The number of hydrogen-bond donors (Lipinski definition) is 1. The van der Waals surface area contributed by atoms with E-state index in [0.717, 1.165) is 18.7 Å². The highest BCUT2D eigenvalue weighted by Crippen LogP contribution is 2.19. The van der Waals surface area contributed by atoms with Crippen molar-refractivity contribution in [1.82, 2.24) is 5.32 Å². The van der Waals surface area contributed by atoms with E-state index in [1.165, 1.54) is 10.5 Å². The first-order valence-corrected chi connectivity index (χ1v) is 5.82. The van der Waals surface area contributed by atoms with E-state index in [-0.39, 0.29) is 0 Å². The zero-order valence-electron chi connectivity index (χ0n) is 8.62. The van der Waals surface area contributed by atoms with Gasteiger partial charge < -0.3 is 5.32 Å². The van der Waals surface area contributed by atoms with Crippen LogP contribution in [-0.2, 0) is 6.54 Å². The molecule has 0 heterocycles. The Labute approximate surface area is 90.6 Å². The second-order valence-corrected chi connectivity index (χ2v) is 4.27. The minimum Gasteiger partial charge on any atom is -0.316 e. The van der Waals surface area contributed by atoms with E-state index in [0.29, 0.717) is 0 Å². The molecule has 14 heavy (non-hydrogen) atoms. The van der Waals surface area contributed by atoms with Crippen LogP contribution in [0.4, 0.5) is 0 Å². The van der Waals surface area contributed by atoms with Gasteiger partial charge in [0.1, 0.15) is 0 Å². The lowest BCUT2D eigenvalue weighted by Crippen LogP contribution is -2.04. The number of allylic oxidation sites excluding steroid dienone is 1. The maximum absolute atomic E-state index is 3.72. The maximum Gasteiger partial charge on any atom is 0.0202 e. The van der Waals surface area contributed by atoms with Crippen molar-refractivity contribution in [1.29, 1.82) is 0 Å². The third-order valence-corrected chi connectivity index (χ3v) is 2.90. The summed E-state index contributed by atoms with van der Waals surface area (Å²) in [5, 5.41) is 3.15. The van der Waals surface area contributed by atoms with Gasteiger partial charge in [0.05, 0.1) is 0 Å². The monoisotopic (exact) mass is 207 g/mol. The Morgan fingerprint density at radius 3 is 3.07 bits per heavy atom. The molecule has 1 nitrogen and oxygen atoms in total.